The highest BCUT2D eigenvalue weighted by molar-refractivity contribution is 6.48. The monoisotopic (exact) mass is 302 g/mol. The topological polar surface area (TPSA) is 55.8 Å². The molecule has 1 heterocycles. The molecule has 2 atom stereocenters. The van der Waals surface area contributed by atoms with Crippen LogP contribution in [0.25, 0.3) is 0 Å². The highest BCUT2D eigenvalue weighted by atomic mass is 35.5. The van der Waals surface area contributed by atoms with Crippen LogP contribution in [0.3, 0.4) is 0 Å². The van der Waals surface area contributed by atoms with Crippen LogP contribution in [-0.2, 0) is 9.53 Å². The molecule has 0 saturated carbocycles. The smallest absolute Gasteiger partial charge is 0.351 e. The molecule has 0 amide bonds. The zero-order valence-corrected chi connectivity index (χ0v) is 11.6. The van der Waals surface area contributed by atoms with E-state index < -0.39 is 17.7 Å². The molecule has 4 nitrogen and oxygen atoms in total. The Morgan fingerprint density at radius 2 is 2.00 bits per heavy atom. The maximum atomic E-state index is 11.3. The van der Waals surface area contributed by atoms with Gasteiger partial charge in [-0.2, -0.15) is 0 Å². The standard InChI is InChI=1S/C13H12Cl2O4/c1-13(17,7-18-8-5-3-2-4-6-8)11-9(14)10(15)12(16)19-11/h2-6,11,17H,7H2,1H3. The summed E-state index contributed by atoms with van der Waals surface area (Å²) in [5.41, 5.74) is -1.47. The van der Waals surface area contributed by atoms with Gasteiger partial charge in [-0.3, -0.25) is 0 Å². The van der Waals surface area contributed by atoms with E-state index in [0.29, 0.717) is 5.75 Å². The van der Waals surface area contributed by atoms with Crippen molar-refractivity contribution in [3.8, 4) is 5.75 Å². The molecule has 2 unspecified atom stereocenters. The molecule has 0 aliphatic carbocycles. The molecular formula is C13H12Cl2O4. The van der Waals surface area contributed by atoms with Crippen molar-refractivity contribution in [3.63, 3.8) is 0 Å². The summed E-state index contributed by atoms with van der Waals surface area (Å²) in [5.74, 6) is -0.144. The minimum atomic E-state index is -1.47. The van der Waals surface area contributed by atoms with E-state index in [9.17, 15) is 9.90 Å². The van der Waals surface area contributed by atoms with Crippen molar-refractivity contribution in [1.29, 1.82) is 0 Å². The fourth-order valence-electron chi connectivity index (χ4n) is 1.64. The first-order valence-corrected chi connectivity index (χ1v) is 6.34. The summed E-state index contributed by atoms with van der Waals surface area (Å²) in [6.07, 6.45) is -1.02. The van der Waals surface area contributed by atoms with Crippen LogP contribution in [0.1, 0.15) is 6.92 Å². The van der Waals surface area contributed by atoms with Crippen LogP contribution in [0.2, 0.25) is 0 Å². The molecule has 1 N–H and O–H groups in total. The third-order valence-corrected chi connectivity index (χ3v) is 3.52. The van der Waals surface area contributed by atoms with Crippen molar-refractivity contribution >= 4 is 29.2 Å². The van der Waals surface area contributed by atoms with E-state index in [0.717, 1.165) is 0 Å². The summed E-state index contributed by atoms with van der Waals surface area (Å²) in [6.45, 7) is 1.38. The number of aliphatic hydroxyl groups is 1. The number of carbonyl (C=O) groups is 1. The minimum absolute atomic E-state index is 0.00618. The average Bonchev–Trinajstić information content (AvgIpc) is 2.66. The van der Waals surface area contributed by atoms with Crippen molar-refractivity contribution in [3.05, 3.63) is 40.4 Å². The number of cyclic esters (lactones) is 1. The molecule has 1 aromatic rings. The van der Waals surface area contributed by atoms with Gasteiger partial charge in [-0.1, -0.05) is 41.4 Å². The maximum absolute atomic E-state index is 11.3. The van der Waals surface area contributed by atoms with Gasteiger partial charge >= 0.3 is 5.97 Å². The van der Waals surface area contributed by atoms with Crippen LogP contribution in [0.4, 0.5) is 0 Å². The number of ether oxygens (including phenoxy) is 2. The van der Waals surface area contributed by atoms with Crippen molar-refractivity contribution in [1.82, 2.24) is 0 Å². The van der Waals surface area contributed by atoms with Gasteiger partial charge in [0, 0.05) is 0 Å². The van der Waals surface area contributed by atoms with Crippen molar-refractivity contribution < 1.29 is 19.4 Å². The van der Waals surface area contributed by atoms with Crippen LogP contribution in [0.5, 0.6) is 5.75 Å². The Hall–Kier alpha value is -1.23. The van der Waals surface area contributed by atoms with Crippen molar-refractivity contribution in [2.75, 3.05) is 6.61 Å². The number of benzene rings is 1. The largest absolute Gasteiger partial charge is 0.490 e. The summed E-state index contributed by atoms with van der Waals surface area (Å²) in [6, 6.07) is 8.97. The quantitative estimate of drug-likeness (QED) is 0.868. The summed E-state index contributed by atoms with van der Waals surface area (Å²) < 4.78 is 10.4. The van der Waals surface area contributed by atoms with Crippen LogP contribution in [-0.4, -0.2) is 29.4 Å². The lowest BCUT2D eigenvalue weighted by Gasteiger charge is -2.28. The van der Waals surface area contributed by atoms with E-state index in [-0.39, 0.29) is 16.7 Å². The van der Waals surface area contributed by atoms with Gasteiger partial charge in [0.15, 0.2) is 6.10 Å². The maximum Gasteiger partial charge on any atom is 0.351 e. The van der Waals surface area contributed by atoms with E-state index in [1.165, 1.54) is 6.92 Å². The molecule has 0 fully saturated rings. The van der Waals surface area contributed by atoms with Gasteiger partial charge in [0.2, 0.25) is 0 Å². The van der Waals surface area contributed by atoms with Gasteiger partial charge in [0.05, 0.1) is 5.03 Å². The molecular weight excluding hydrogens is 291 g/mol. The Balaban J connectivity index is 2.05. The number of hydrogen-bond donors (Lipinski definition) is 1. The number of hydrogen-bond acceptors (Lipinski definition) is 4. The van der Waals surface area contributed by atoms with Crippen LogP contribution < -0.4 is 4.74 Å². The molecule has 1 aromatic carbocycles. The minimum Gasteiger partial charge on any atom is -0.490 e. The second-order valence-electron chi connectivity index (χ2n) is 4.41. The number of para-hydroxylation sites is 1. The zero-order valence-electron chi connectivity index (χ0n) is 10.1. The summed E-state index contributed by atoms with van der Waals surface area (Å²) >= 11 is 11.5. The Morgan fingerprint density at radius 1 is 1.37 bits per heavy atom. The average molecular weight is 303 g/mol. The number of carbonyl (C=O) groups excluding carboxylic acids is 1. The molecule has 1 aliphatic rings. The van der Waals surface area contributed by atoms with Crippen molar-refractivity contribution in [2.45, 2.75) is 18.6 Å². The molecule has 19 heavy (non-hydrogen) atoms. The molecule has 0 saturated heterocycles. The third-order valence-electron chi connectivity index (χ3n) is 2.68. The highest BCUT2D eigenvalue weighted by Gasteiger charge is 2.45. The Kier molecular flexibility index (Phi) is 4.04. The second-order valence-corrected chi connectivity index (χ2v) is 5.19. The van der Waals surface area contributed by atoms with Gasteiger partial charge < -0.3 is 14.6 Å². The third kappa shape index (κ3) is 3.03. The Labute approximate surface area is 120 Å². The molecule has 2 rings (SSSR count). The second kappa shape index (κ2) is 5.41. The molecule has 6 heteroatoms. The van der Waals surface area contributed by atoms with E-state index in [2.05, 4.69) is 0 Å². The first-order valence-electron chi connectivity index (χ1n) is 5.58. The number of rotatable bonds is 4. The molecule has 1 aliphatic heterocycles. The summed E-state index contributed by atoms with van der Waals surface area (Å²) in [4.78, 5) is 11.3. The normalized spacial score (nSPS) is 22.1. The molecule has 0 spiro atoms. The van der Waals surface area contributed by atoms with Gasteiger partial charge in [0.25, 0.3) is 0 Å². The van der Waals surface area contributed by atoms with Crippen molar-refractivity contribution in [2.24, 2.45) is 0 Å². The molecule has 102 valence electrons. The first-order chi connectivity index (χ1) is 8.92. The highest BCUT2D eigenvalue weighted by Crippen LogP contribution is 2.35. The number of halogens is 2. The Bertz CT molecular complexity index is 511. The van der Waals surface area contributed by atoms with Crippen LogP contribution in [0, 0.1) is 0 Å². The fraction of sp³-hybridized carbons (Fsp3) is 0.308. The van der Waals surface area contributed by atoms with E-state index in [4.69, 9.17) is 32.7 Å². The van der Waals surface area contributed by atoms with Gasteiger partial charge in [-0.25, -0.2) is 4.79 Å². The van der Waals surface area contributed by atoms with Crippen LogP contribution >= 0.6 is 23.2 Å². The van der Waals surface area contributed by atoms with Crippen LogP contribution in [0.15, 0.2) is 40.4 Å². The van der Waals surface area contributed by atoms with Gasteiger partial charge in [-0.15, -0.1) is 0 Å². The molecule has 0 radical (unpaired) electrons. The van der Waals surface area contributed by atoms with Gasteiger partial charge in [-0.05, 0) is 19.1 Å². The predicted octanol–water partition coefficient (Wildman–Crippen LogP) is 2.43. The molecule has 0 aromatic heterocycles. The zero-order chi connectivity index (χ0) is 14.0. The lowest BCUT2D eigenvalue weighted by molar-refractivity contribution is -0.151. The Morgan fingerprint density at radius 3 is 2.53 bits per heavy atom. The first kappa shape index (κ1) is 14.2. The van der Waals surface area contributed by atoms with E-state index >= 15 is 0 Å². The molecule has 0 bridgehead atoms. The van der Waals surface area contributed by atoms with E-state index in [1.54, 1.807) is 12.1 Å². The number of esters is 1. The SMILES string of the molecule is CC(O)(COc1ccccc1)C1OC(=O)C(Cl)=C1Cl. The lowest BCUT2D eigenvalue weighted by atomic mass is 10.0. The summed E-state index contributed by atoms with van der Waals surface area (Å²) in [5, 5.41) is 10.1. The predicted molar refractivity (Wildman–Crippen MR) is 71.2 cm³/mol. The lowest BCUT2D eigenvalue weighted by Crippen LogP contribution is -2.45. The fourth-order valence-corrected chi connectivity index (χ4v) is 2.15. The summed E-state index contributed by atoms with van der Waals surface area (Å²) in [7, 11) is 0. The van der Waals surface area contributed by atoms with Gasteiger partial charge in [0.1, 0.15) is 23.0 Å². The van der Waals surface area contributed by atoms with E-state index in [1.807, 2.05) is 18.2 Å².